The molecule has 29 heavy (non-hydrogen) atoms. The summed E-state index contributed by atoms with van der Waals surface area (Å²) in [5, 5.41) is 5.27. The fourth-order valence-electron chi connectivity index (χ4n) is 2.97. The van der Waals surface area contributed by atoms with E-state index in [1.54, 1.807) is 24.3 Å². The van der Waals surface area contributed by atoms with Crippen LogP contribution in [0.2, 0.25) is 0 Å². The number of halogens is 1. The average Bonchev–Trinajstić information content (AvgIpc) is 2.96. The minimum Gasteiger partial charge on any atom is -0.496 e. The van der Waals surface area contributed by atoms with Gasteiger partial charge in [0.15, 0.2) is 0 Å². The van der Waals surface area contributed by atoms with Gasteiger partial charge in [-0.15, -0.1) is 0 Å². The molecule has 1 aliphatic rings. The van der Waals surface area contributed by atoms with Crippen molar-refractivity contribution in [3.05, 3.63) is 63.8 Å². The quantitative estimate of drug-likeness (QED) is 0.512. The van der Waals surface area contributed by atoms with Gasteiger partial charge in [0, 0.05) is 15.7 Å². The number of para-hydroxylation sites is 1. The van der Waals surface area contributed by atoms with Crippen molar-refractivity contribution in [1.82, 2.24) is 10.2 Å². The average molecular weight is 458 g/mol. The van der Waals surface area contributed by atoms with E-state index in [0.29, 0.717) is 17.0 Å². The van der Waals surface area contributed by atoms with Crippen LogP contribution in [0.25, 0.3) is 6.08 Å². The van der Waals surface area contributed by atoms with Crippen molar-refractivity contribution in [3.63, 3.8) is 0 Å². The summed E-state index contributed by atoms with van der Waals surface area (Å²) in [6, 6.07) is 12.1. The number of urea groups is 1. The number of methoxy groups -OCH3 is 1. The fourth-order valence-corrected chi connectivity index (χ4v) is 3.35. The van der Waals surface area contributed by atoms with E-state index in [9.17, 15) is 14.4 Å². The molecule has 0 atom stereocenters. The Morgan fingerprint density at radius 2 is 2.00 bits per heavy atom. The molecule has 2 N–H and O–H groups in total. The molecule has 8 heteroatoms. The molecule has 2 aromatic carbocycles. The Bertz CT molecular complexity index is 1000. The number of amides is 4. The molecule has 1 heterocycles. The maximum atomic E-state index is 12.7. The number of carbonyl (C=O) groups is 3. The van der Waals surface area contributed by atoms with Crippen LogP contribution < -0.4 is 15.4 Å². The lowest BCUT2D eigenvalue weighted by Gasteiger charge is -2.13. The summed E-state index contributed by atoms with van der Waals surface area (Å²) in [7, 11) is 1.52. The highest BCUT2D eigenvalue weighted by atomic mass is 79.9. The first kappa shape index (κ1) is 20.6. The van der Waals surface area contributed by atoms with Crippen LogP contribution >= 0.6 is 15.9 Å². The van der Waals surface area contributed by atoms with E-state index in [-0.39, 0.29) is 12.2 Å². The first-order chi connectivity index (χ1) is 13.9. The summed E-state index contributed by atoms with van der Waals surface area (Å²) in [6.07, 6.45) is 2.27. The highest BCUT2D eigenvalue weighted by Crippen LogP contribution is 2.26. The van der Waals surface area contributed by atoms with Crippen molar-refractivity contribution in [2.45, 2.75) is 13.3 Å². The molecule has 1 aliphatic heterocycles. The summed E-state index contributed by atoms with van der Waals surface area (Å²) in [5.41, 5.74) is 2.34. The minimum absolute atomic E-state index is 0.0770. The van der Waals surface area contributed by atoms with Crippen LogP contribution in [0.5, 0.6) is 5.75 Å². The van der Waals surface area contributed by atoms with E-state index in [1.165, 1.54) is 13.2 Å². The number of carbonyl (C=O) groups excluding carboxylic acids is 3. The predicted molar refractivity (Wildman–Crippen MR) is 113 cm³/mol. The first-order valence-corrected chi connectivity index (χ1v) is 9.78. The lowest BCUT2D eigenvalue weighted by Crippen LogP contribution is -2.38. The maximum absolute atomic E-state index is 12.7. The monoisotopic (exact) mass is 457 g/mol. The van der Waals surface area contributed by atoms with Crippen LogP contribution in [0, 0.1) is 0 Å². The Morgan fingerprint density at radius 3 is 2.72 bits per heavy atom. The number of rotatable bonds is 6. The van der Waals surface area contributed by atoms with Crippen molar-refractivity contribution >= 4 is 45.5 Å². The summed E-state index contributed by atoms with van der Waals surface area (Å²) in [4.78, 5) is 38.2. The van der Waals surface area contributed by atoms with Crippen LogP contribution in [-0.2, 0) is 16.0 Å². The van der Waals surface area contributed by atoms with Gasteiger partial charge < -0.3 is 15.4 Å². The SMILES string of the molecule is CCc1ccccc1NC(=O)CN1C(=O)N/C(=C/c2cc(Br)ccc2OC)C1=O. The third-order valence-electron chi connectivity index (χ3n) is 4.43. The molecule has 1 fully saturated rings. The van der Waals surface area contributed by atoms with E-state index in [4.69, 9.17) is 4.74 Å². The number of ether oxygens (including phenoxy) is 1. The van der Waals surface area contributed by atoms with Gasteiger partial charge in [-0.2, -0.15) is 0 Å². The molecule has 0 radical (unpaired) electrons. The van der Waals surface area contributed by atoms with Crippen molar-refractivity contribution in [1.29, 1.82) is 0 Å². The third kappa shape index (κ3) is 4.65. The van der Waals surface area contributed by atoms with Gasteiger partial charge in [-0.1, -0.05) is 41.1 Å². The Balaban J connectivity index is 1.75. The number of nitrogens with zero attached hydrogens (tertiary/aromatic N) is 1. The van der Waals surface area contributed by atoms with E-state index >= 15 is 0 Å². The van der Waals surface area contributed by atoms with Crippen LogP contribution in [0.4, 0.5) is 10.5 Å². The van der Waals surface area contributed by atoms with Crippen LogP contribution in [0.1, 0.15) is 18.1 Å². The number of nitrogens with one attached hydrogen (secondary N) is 2. The Labute approximate surface area is 176 Å². The zero-order chi connectivity index (χ0) is 21.0. The topological polar surface area (TPSA) is 87.7 Å². The number of hydrogen-bond acceptors (Lipinski definition) is 4. The van der Waals surface area contributed by atoms with Gasteiger partial charge in [0.05, 0.1) is 7.11 Å². The smallest absolute Gasteiger partial charge is 0.329 e. The van der Waals surface area contributed by atoms with Crippen LogP contribution in [0.3, 0.4) is 0 Å². The Hall–Kier alpha value is -3.13. The van der Waals surface area contributed by atoms with Gasteiger partial charge in [-0.3, -0.25) is 9.59 Å². The number of anilines is 1. The second-order valence-electron chi connectivity index (χ2n) is 6.32. The normalized spacial score (nSPS) is 14.9. The highest BCUT2D eigenvalue weighted by molar-refractivity contribution is 9.10. The van der Waals surface area contributed by atoms with Crippen molar-refractivity contribution in [3.8, 4) is 5.75 Å². The van der Waals surface area contributed by atoms with Gasteiger partial charge in [0.25, 0.3) is 5.91 Å². The minimum atomic E-state index is -0.644. The lowest BCUT2D eigenvalue weighted by atomic mass is 10.1. The molecule has 0 aromatic heterocycles. The van der Waals surface area contributed by atoms with E-state index in [2.05, 4.69) is 26.6 Å². The maximum Gasteiger partial charge on any atom is 0.329 e. The molecule has 0 unspecified atom stereocenters. The second kappa shape index (κ2) is 8.91. The van der Waals surface area contributed by atoms with Gasteiger partial charge in [-0.25, -0.2) is 9.69 Å². The van der Waals surface area contributed by atoms with Crippen LogP contribution in [0.15, 0.2) is 52.6 Å². The molecule has 0 bridgehead atoms. The molecule has 3 rings (SSSR count). The Morgan fingerprint density at radius 1 is 1.24 bits per heavy atom. The molecule has 4 amide bonds. The highest BCUT2D eigenvalue weighted by Gasteiger charge is 2.35. The molecular formula is C21H20BrN3O4. The Kier molecular flexibility index (Phi) is 6.33. The number of aryl methyl sites for hydroxylation is 1. The van der Waals surface area contributed by atoms with Crippen LogP contribution in [-0.4, -0.2) is 36.4 Å². The molecular weight excluding hydrogens is 438 g/mol. The summed E-state index contributed by atoms with van der Waals surface area (Å²) in [6.45, 7) is 1.60. The third-order valence-corrected chi connectivity index (χ3v) is 4.92. The lowest BCUT2D eigenvalue weighted by molar-refractivity contribution is -0.127. The van der Waals surface area contributed by atoms with E-state index in [1.807, 2.05) is 25.1 Å². The zero-order valence-corrected chi connectivity index (χ0v) is 17.6. The number of benzene rings is 2. The summed E-state index contributed by atoms with van der Waals surface area (Å²) < 4.78 is 6.08. The molecule has 2 aromatic rings. The largest absolute Gasteiger partial charge is 0.496 e. The van der Waals surface area contributed by atoms with Gasteiger partial charge in [-0.05, 0) is 42.3 Å². The van der Waals surface area contributed by atoms with E-state index < -0.39 is 17.8 Å². The van der Waals surface area contributed by atoms with Crippen molar-refractivity contribution in [2.75, 3.05) is 19.0 Å². The standard InChI is InChI=1S/C21H20BrN3O4/c1-3-13-6-4-5-7-16(13)23-19(26)12-25-20(27)17(24-21(25)28)11-14-10-15(22)8-9-18(14)29-2/h4-11H,3,12H2,1-2H3,(H,23,26)(H,24,28)/b17-11+. The molecule has 0 saturated carbocycles. The first-order valence-electron chi connectivity index (χ1n) is 8.98. The number of imide groups is 1. The molecule has 0 spiro atoms. The molecule has 1 saturated heterocycles. The predicted octanol–water partition coefficient (Wildman–Crippen LogP) is 3.55. The fraction of sp³-hybridized carbons (Fsp3) is 0.190. The van der Waals surface area contributed by atoms with Gasteiger partial charge in [0.2, 0.25) is 5.91 Å². The summed E-state index contributed by atoms with van der Waals surface area (Å²) in [5.74, 6) is -0.471. The molecule has 150 valence electrons. The van der Waals surface area contributed by atoms with Crippen molar-refractivity contribution < 1.29 is 19.1 Å². The number of hydrogen-bond donors (Lipinski definition) is 2. The van der Waals surface area contributed by atoms with Crippen molar-refractivity contribution in [2.24, 2.45) is 0 Å². The van der Waals surface area contributed by atoms with Gasteiger partial charge >= 0.3 is 6.03 Å². The van der Waals surface area contributed by atoms with E-state index in [0.717, 1.165) is 21.4 Å². The van der Waals surface area contributed by atoms with Gasteiger partial charge in [0.1, 0.15) is 18.0 Å². The summed E-state index contributed by atoms with van der Waals surface area (Å²) >= 11 is 3.37. The second-order valence-corrected chi connectivity index (χ2v) is 7.24. The molecule has 7 nitrogen and oxygen atoms in total. The molecule has 0 aliphatic carbocycles. The zero-order valence-electron chi connectivity index (χ0n) is 16.0.